The van der Waals surface area contributed by atoms with Crippen LogP contribution in [0, 0.1) is 51.4 Å². The third-order valence-corrected chi connectivity index (χ3v) is 22.0. The van der Waals surface area contributed by atoms with Crippen LogP contribution >= 0.6 is 24.4 Å². The zero-order valence-corrected chi connectivity index (χ0v) is 56.6. The number of nitrogens with zero attached hydrogens (tertiary/aromatic N) is 4. The standard InChI is InChI=1S/C38H57N3O2S.C35H51N3O3S/c1-7-9-10-11-12-13-16-39-38(44)41-18-15-30-23-36(42-5)37(43-6)24-33(30)35(41)22-31-21-34-32-20-27(4)26(3)19-29(32)14-17-40(34)25-28(31)8-2;1-7-25-22-37-13-10-26-16-23(2)24(3)17-29(26)31(37)18-28(25)19-32-30-21-34(41-6)33(40-5)20-27(30)11-14-38(32)35(42)36-12-8-9-15-39-4/h19-20,23-24,28,31,34-35H,7-18,21-22,25H2,1-6H3,(H,39,44);16-17,20-21,25,28,31-32H,7-15,18-19,22H2,1-6H3,(H,36,42). The van der Waals surface area contributed by atoms with E-state index in [0.717, 1.165) is 105 Å². The molecule has 0 saturated carbocycles. The lowest BCUT2D eigenvalue weighted by Crippen LogP contribution is -2.49. The first-order chi connectivity index (χ1) is 41.8. The topological polar surface area (TPSA) is 83.2 Å². The Kier molecular flexibility index (Phi) is 23.9. The highest BCUT2D eigenvalue weighted by atomic mass is 32.1. The Morgan fingerprint density at radius 3 is 1.26 bits per heavy atom. The molecule has 2 fully saturated rings. The zero-order chi connectivity index (χ0) is 61.0. The number of hydrogen-bond donors (Lipinski definition) is 2. The number of ether oxygens (including phenoxy) is 5. The largest absolute Gasteiger partial charge is 0.493 e. The van der Waals surface area contributed by atoms with Crippen LogP contribution in [0.2, 0.25) is 0 Å². The summed E-state index contributed by atoms with van der Waals surface area (Å²) >= 11 is 12.2. The second-order valence-corrected chi connectivity index (χ2v) is 27.0. The molecule has 0 aromatic heterocycles. The molecule has 8 unspecified atom stereocenters. The fraction of sp³-hybridized carbons (Fsp3) is 0.644. The van der Waals surface area contributed by atoms with Crippen molar-refractivity contribution in [2.24, 2.45) is 23.7 Å². The predicted molar refractivity (Wildman–Crippen MR) is 362 cm³/mol. The second-order valence-electron chi connectivity index (χ2n) is 26.3. The highest BCUT2D eigenvalue weighted by Crippen LogP contribution is 2.51. The van der Waals surface area contributed by atoms with Gasteiger partial charge < -0.3 is 44.1 Å². The van der Waals surface area contributed by atoms with Crippen molar-refractivity contribution in [1.29, 1.82) is 0 Å². The van der Waals surface area contributed by atoms with Gasteiger partial charge in [-0.05, 0) is 237 Å². The first-order valence-corrected chi connectivity index (χ1v) is 34.3. The van der Waals surface area contributed by atoms with Crippen LogP contribution in [0.25, 0.3) is 0 Å². The molecule has 0 spiro atoms. The van der Waals surface area contributed by atoms with E-state index in [1.165, 1.54) is 148 Å². The lowest BCUT2D eigenvalue weighted by molar-refractivity contribution is 0.0378. The maximum absolute atomic E-state index is 6.16. The number of fused-ring (bicyclic) bond motifs is 8. The molecular formula is C73H108N6O5S2. The van der Waals surface area contributed by atoms with Gasteiger partial charge in [0.15, 0.2) is 33.2 Å². The van der Waals surface area contributed by atoms with Crippen molar-refractivity contribution in [2.45, 2.75) is 188 Å². The number of nitrogens with one attached hydrogen (secondary N) is 2. The number of hydrogen-bond acceptors (Lipinski definition) is 9. The van der Waals surface area contributed by atoms with Crippen molar-refractivity contribution in [3.8, 4) is 23.0 Å². The third-order valence-electron chi connectivity index (χ3n) is 21.3. The first kappa shape index (κ1) is 65.8. The van der Waals surface area contributed by atoms with Gasteiger partial charge in [0.1, 0.15) is 0 Å². The van der Waals surface area contributed by atoms with E-state index in [-0.39, 0.29) is 12.1 Å². The van der Waals surface area contributed by atoms with E-state index in [0.29, 0.717) is 35.8 Å². The summed E-state index contributed by atoms with van der Waals surface area (Å²) in [6.07, 6.45) is 21.2. The summed E-state index contributed by atoms with van der Waals surface area (Å²) in [5.74, 6) is 5.86. The van der Waals surface area contributed by atoms with E-state index in [1.54, 1.807) is 57.8 Å². The van der Waals surface area contributed by atoms with Crippen LogP contribution in [0.1, 0.15) is 202 Å². The van der Waals surface area contributed by atoms with Crippen molar-refractivity contribution in [2.75, 3.05) is 94.5 Å². The van der Waals surface area contributed by atoms with Crippen LogP contribution in [0.3, 0.4) is 0 Å². The highest BCUT2D eigenvalue weighted by molar-refractivity contribution is 7.80. The summed E-state index contributed by atoms with van der Waals surface area (Å²) < 4.78 is 28.3. The van der Waals surface area contributed by atoms with Crippen molar-refractivity contribution >= 4 is 34.7 Å². The van der Waals surface area contributed by atoms with Crippen LogP contribution in [-0.4, -0.2) is 124 Å². The minimum absolute atomic E-state index is 0.209. The number of aryl methyl sites for hydroxylation is 4. The van der Waals surface area contributed by atoms with Gasteiger partial charge in [0.05, 0.1) is 40.5 Å². The number of methoxy groups -OCH3 is 5. The quantitative estimate of drug-likeness (QED) is 0.0579. The van der Waals surface area contributed by atoms with Crippen molar-refractivity contribution in [3.05, 3.63) is 115 Å². The average Bonchev–Trinajstić information content (AvgIpc) is 0.959. The molecule has 0 amide bonds. The summed E-state index contributed by atoms with van der Waals surface area (Å²) in [6.45, 7) is 25.4. The molecule has 2 saturated heterocycles. The van der Waals surface area contributed by atoms with Gasteiger partial charge in [0, 0.05) is 78.2 Å². The van der Waals surface area contributed by atoms with Gasteiger partial charge in [0.25, 0.3) is 0 Å². The Morgan fingerprint density at radius 1 is 0.453 bits per heavy atom. The molecule has 4 aromatic carbocycles. The third kappa shape index (κ3) is 15.1. The van der Waals surface area contributed by atoms with E-state index in [4.69, 9.17) is 48.1 Å². The van der Waals surface area contributed by atoms with Gasteiger partial charge in [0.2, 0.25) is 0 Å². The molecular weight excluding hydrogens is 1100 g/mol. The van der Waals surface area contributed by atoms with Gasteiger partial charge in [-0.1, -0.05) is 90.0 Å². The molecule has 4 aromatic rings. The fourth-order valence-corrected chi connectivity index (χ4v) is 16.6. The lowest BCUT2D eigenvalue weighted by atomic mass is 9.72. The molecule has 8 atom stereocenters. The van der Waals surface area contributed by atoms with Crippen LogP contribution in [0.4, 0.5) is 0 Å². The van der Waals surface area contributed by atoms with E-state index < -0.39 is 0 Å². The summed E-state index contributed by atoms with van der Waals surface area (Å²) in [7, 11) is 8.71. The first-order valence-electron chi connectivity index (χ1n) is 33.5. The minimum atomic E-state index is 0.209. The van der Waals surface area contributed by atoms with Gasteiger partial charge in [-0.3, -0.25) is 9.80 Å². The Bertz CT molecular complexity index is 2920. The summed E-state index contributed by atoms with van der Waals surface area (Å²) in [4.78, 5) is 10.6. The second kappa shape index (κ2) is 31.2. The fourth-order valence-electron chi connectivity index (χ4n) is 15.9. The van der Waals surface area contributed by atoms with E-state index >= 15 is 0 Å². The molecule has 6 aliphatic heterocycles. The molecule has 86 heavy (non-hydrogen) atoms. The van der Waals surface area contributed by atoms with Crippen LogP contribution in [0.5, 0.6) is 23.0 Å². The Labute approximate surface area is 530 Å². The summed E-state index contributed by atoms with van der Waals surface area (Å²) in [5.41, 5.74) is 17.4. The molecule has 6 heterocycles. The normalized spacial score (nSPS) is 23.3. The SMILES string of the molecule is CCC1CN2CCc3cc(C)c(C)cc3C2CC1CC1c2cc(OC)c(OC)cc2CCN1C(=S)NCCCCOC.CCCCCCCCNC(=S)N1CCc2cc(OC)c(OC)cc2C1CC1CC2c3cc(C)c(C)cc3CCN2CC1CC. The van der Waals surface area contributed by atoms with Gasteiger partial charge in [-0.15, -0.1) is 0 Å². The molecule has 472 valence electrons. The average molecular weight is 1210 g/mol. The van der Waals surface area contributed by atoms with Crippen molar-refractivity contribution in [3.63, 3.8) is 0 Å². The number of unbranched alkanes of at least 4 members (excludes halogenated alkanes) is 6. The number of rotatable bonds is 22. The van der Waals surface area contributed by atoms with E-state index in [9.17, 15) is 0 Å². The molecule has 0 radical (unpaired) electrons. The highest BCUT2D eigenvalue weighted by Gasteiger charge is 2.44. The van der Waals surface area contributed by atoms with Gasteiger partial charge >= 0.3 is 0 Å². The van der Waals surface area contributed by atoms with Crippen LogP contribution in [0.15, 0.2) is 48.5 Å². The zero-order valence-electron chi connectivity index (χ0n) is 55.0. The van der Waals surface area contributed by atoms with Gasteiger partial charge in [-0.2, -0.15) is 0 Å². The number of piperidine rings is 2. The van der Waals surface area contributed by atoms with Crippen LogP contribution < -0.4 is 29.6 Å². The van der Waals surface area contributed by atoms with E-state index in [1.807, 2.05) is 0 Å². The molecule has 11 nitrogen and oxygen atoms in total. The summed E-state index contributed by atoms with van der Waals surface area (Å²) in [5, 5.41) is 9.07. The minimum Gasteiger partial charge on any atom is -0.493 e. The number of benzene rings is 4. The monoisotopic (exact) mass is 1210 g/mol. The Morgan fingerprint density at radius 2 is 0.837 bits per heavy atom. The molecule has 0 bridgehead atoms. The predicted octanol–water partition coefficient (Wildman–Crippen LogP) is 15.0. The smallest absolute Gasteiger partial charge is 0.169 e. The van der Waals surface area contributed by atoms with Crippen LogP contribution in [-0.2, 0) is 30.4 Å². The lowest BCUT2D eigenvalue weighted by Gasteiger charge is -2.49. The van der Waals surface area contributed by atoms with Gasteiger partial charge in [-0.25, -0.2) is 0 Å². The maximum Gasteiger partial charge on any atom is 0.169 e. The number of thiocarbonyl (C=S) groups is 2. The molecule has 2 N–H and O–H groups in total. The Balaban J connectivity index is 0.000000206. The van der Waals surface area contributed by atoms with Crippen molar-refractivity contribution < 1.29 is 23.7 Å². The molecule has 13 heteroatoms. The molecule has 6 aliphatic rings. The molecule has 0 aliphatic carbocycles. The molecule has 10 rings (SSSR count). The Hall–Kier alpha value is -4.66. The summed E-state index contributed by atoms with van der Waals surface area (Å²) in [6, 6.07) is 20.3. The maximum atomic E-state index is 6.16. The van der Waals surface area contributed by atoms with E-state index in [2.05, 4.69) is 127 Å². The van der Waals surface area contributed by atoms with Crippen molar-refractivity contribution in [1.82, 2.24) is 30.2 Å².